The van der Waals surface area contributed by atoms with Crippen LogP contribution in [-0.2, 0) is 6.54 Å². The lowest BCUT2D eigenvalue weighted by atomic mass is 10.2. The Balaban J connectivity index is 1.72. The van der Waals surface area contributed by atoms with Gasteiger partial charge >= 0.3 is 0 Å². The fraction of sp³-hybridized carbons (Fsp3) is 0.211. The summed E-state index contributed by atoms with van der Waals surface area (Å²) in [6.07, 6.45) is 1.45. The first-order chi connectivity index (χ1) is 12.8. The molecule has 0 spiro atoms. The van der Waals surface area contributed by atoms with Crippen LogP contribution in [0.15, 0.2) is 39.9 Å². The monoisotopic (exact) mass is 388 g/mol. The number of carbonyl (C=O) groups excluding carboxylic acids is 1. The van der Waals surface area contributed by atoms with Crippen molar-refractivity contribution < 1.29 is 13.6 Å². The van der Waals surface area contributed by atoms with Crippen molar-refractivity contribution in [3.05, 3.63) is 75.2 Å². The van der Waals surface area contributed by atoms with Gasteiger partial charge in [-0.2, -0.15) is 10.2 Å². The summed E-state index contributed by atoms with van der Waals surface area (Å²) in [4.78, 5) is 12.1. The van der Waals surface area contributed by atoms with Crippen molar-refractivity contribution in [1.29, 1.82) is 0 Å². The SMILES string of the molecule is Cc1cc(C(=O)N/N=C\c2c(C)nn(Cc3ccc(F)cc3)c2Cl)c(C)o1. The Kier molecular flexibility index (Phi) is 5.41. The Morgan fingerprint density at radius 3 is 2.67 bits per heavy atom. The number of halogens is 2. The van der Waals surface area contributed by atoms with Gasteiger partial charge in [0.1, 0.15) is 22.5 Å². The molecule has 0 aliphatic carbocycles. The summed E-state index contributed by atoms with van der Waals surface area (Å²) in [5.41, 5.74) is 5.01. The number of amides is 1. The van der Waals surface area contributed by atoms with Crippen molar-refractivity contribution in [2.45, 2.75) is 27.3 Å². The summed E-state index contributed by atoms with van der Waals surface area (Å²) in [5, 5.41) is 8.72. The van der Waals surface area contributed by atoms with E-state index in [2.05, 4.69) is 15.6 Å². The Labute approximate surface area is 160 Å². The van der Waals surface area contributed by atoms with Crippen molar-refractivity contribution in [2.24, 2.45) is 5.10 Å². The van der Waals surface area contributed by atoms with E-state index >= 15 is 0 Å². The summed E-state index contributed by atoms with van der Waals surface area (Å²) >= 11 is 6.38. The van der Waals surface area contributed by atoms with Gasteiger partial charge in [-0.25, -0.2) is 14.5 Å². The van der Waals surface area contributed by atoms with Crippen molar-refractivity contribution >= 4 is 23.7 Å². The number of aromatic nitrogens is 2. The van der Waals surface area contributed by atoms with Gasteiger partial charge in [-0.3, -0.25) is 4.79 Å². The van der Waals surface area contributed by atoms with Crippen LogP contribution in [0, 0.1) is 26.6 Å². The topological polar surface area (TPSA) is 72.4 Å². The molecule has 0 aliphatic heterocycles. The van der Waals surface area contributed by atoms with Crippen LogP contribution in [0.1, 0.15) is 38.7 Å². The molecule has 1 N–H and O–H groups in total. The first-order valence-corrected chi connectivity index (χ1v) is 8.60. The van der Waals surface area contributed by atoms with Crippen LogP contribution in [0.4, 0.5) is 4.39 Å². The highest BCUT2D eigenvalue weighted by molar-refractivity contribution is 6.32. The minimum Gasteiger partial charge on any atom is -0.466 e. The Hall–Kier alpha value is -2.93. The number of hydrogen-bond donors (Lipinski definition) is 1. The first-order valence-electron chi connectivity index (χ1n) is 8.23. The summed E-state index contributed by atoms with van der Waals surface area (Å²) in [7, 11) is 0. The van der Waals surface area contributed by atoms with Gasteiger partial charge < -0.3 is 4.42 Å². The number of rotatable bonds is 5. The van der Waals surface area contributed by atoms with Crippen LogP contribution in [0.2, 0.25) is 5.15 Å². The fourth-order valence-electron chi connectivity index (χ4n) is 2.65. The van der Waals surface area contributed by atoms with E-state index in [0.29, 0.717) is 40.0 Å². The van der Waals surface area contributed by atoms with E-state index in [4.69, 9.17) is 16.0 Å². The van der Waals surface area contributed by atoms with Gasteiger partial charge in [0.25, 0.3) is 5.91 Å². The largest absolute Gasteiger partial charge is 0.466 e. The molecule has 140 valence electrons. The normalized spacial score (nSPS) is 11.3. The second-order valence-electron chi connectivity index (χ2n) is 6.10. The highest BCUT2D eigenvalue weighted by Gasteiger charge is 2.14. The predicted molar refractivity (Wildman–Crippen MR) is 101 cm³/mol. The lowest BCUT2D eigenvalue weighted by molar-refractivity contribution is 0.0953. The highest BCUT2D eigenvalue weighted by atomic mass is 35.5. The van der Waals surface area contributed by atoms with E-state index in [9.17, 15) is 9.18 Å². The lowest BCUT2D eigenvalue weighted by Crippen LogP contribution is -2.17. The van der Waals surface area contributed by atoms with E-state index in [1.807, 2.05) is 0 Å². The van der Waals surface area contributed by atoms with Crippen molar-refractivity contribution in [3.8, 4) is 0 Å². The number of benzene rings is 1. The zero-order chi connectivity index (χ0) is 19.6. The highest BCUT2D eigenvalue weighted by Crippen LogP contribution is 2.19. The number of hydrogen-bond acceptors (Lipinski definition) is 4. The molecule has 8 heteroatoms. The molecule has 0 saturated heterocycles. The van der Waals surface area contributed by atoms with E-state index in [1.54, 1.807) is 43.7 Å². The Bertz CT molecular complexity index is 1010. The van der Waals surface area contributed by atoms with Crippen LogP contribution in [0.25, 0.3) is 0 Å². The van der Waals surface area contributed by atoms with Crippen LogP contribution in [0.5, 0.6) is 0 Å². The molecule has 27 heavy (non-hydrogen) atoms. The van der Waals surface area contributed by atoms with Gasteiger partial charge in [0.2, 0.25) is 0 Å². The maximum Gasteiger partial charge on any atom is 0.274 e. The molecule has 6 nitrogen and oxygen atoms in total. The molecule has 1 aromatic carbocycles. The molecule has 3 rings (SSSR count). The standard InChI is InChI=1S/C19H18ClFN4O2/c1-11-8-16(13(3)27-11)19(26)23-22-9-17-12(2)24-25(18(17)20)10-14-4-6-15(21)7-5-14/h4-9H,10H2,1-3H3,(H,23,26)/b22-9-. The number of nitrogens with one attached hydrogen (secondary N) is 1. The van der Waals surface area contributed by atoms with Gasteiger partial charge in [0, 0.05) is 0 Å². The average Bonchev–Trinajstić information content (AvgIpc) is 3.09. The molecule has 3 aromatic rings. The molecule has 1 amide bonds. The third-order valence-corrected chi connectivity index (χ3v) is 4.40. The maximum atomic E-state index is 13.0. The molecule has 0 saturated carbocycles. The van der Waals surface area contributed by atoms with Gasteiger partial charge in [0.05, 0.1) is 29.6 Å². The molecule has 0 unspecified atom stereocenters. The molecule has 2 aromatic heterocycles. The van der Waals surface area contributed by atoms with Crippen LogP contribution < -0.4 is 5.43 Å². The summed E-state index contributed by atoms with van der Waals surface area (Å²) < 4.78 is 19.9. The lowest BCUT2D eigenvalue weighted by Gasteiger charge is -2.03. The molecule has 0 aliphatic rings. The van der Waals surface area contributed by atoms with Crippen molar-refractivity contribution in [3.63, 3.8) is 0 Å². The van der Waals surface area contributed by atoms with E-state index in [-0.39, 0.29) is 11.7 Å². The van der Waals surface area contributed by atoms with Crippen LogP contribution in [0.3, 0.4) is 0 Å². The molecule has 2 heterocycles. The van der Waals surface area contributed by atoms with E-state index in [0.717, 1.165) is 5.56 Å². The summed E-state index contributed by atoms with van der Waals surface area (Å²) in [6.45, 7) is 5.67. The minimum atomic E-state index is -0.368. The minimum absolute atomic E-state index is 0.298. The molecular weight excluding hydrogens is 371 g/mol. The Morgan fingerprint density at radius 1 is 1.33 bits per heavy atom. The number of carbonyl (C=O) groups is 1. The Morgan fingerprint density at radius 2 is 2.04 bits per heavy atom. The van der Waals surface area contributed by atoms with E-state index < -0.39 is 0 Å². The summed E-state index contributed by atoms with van der Waals surface area (Å²) in [5.74, 6) is 0.519. The van der Waals surface area contributed by atoms with Gasteiger partial charge in [-0.05, 0) is 44.5 Å². The molecule has 0 fully saturated rings. The fourth-order valence-corrected chi connectivity index (χ4v) is 2.94. The van der Waals surface area contributed by atoms with Crippen LogP contribution in [-0.4, -0.2) is 21.9 Å². The maximum absolute atomic E-state index is 13.0. The quantitative estimate of drug-likeness (QED) is 0.530. The third kappa shape index (κ3) is 4.25. The molecule has 0 bridgehead atoms. The first kappa shape index (κ1) is 18.8. The van der Waals surface area contributed by atoms with Crippen molar-refractivity contribution in [2.75, 3.05) is 0 Å². The number of furan rings is 1. The second kappa shape index (κ2) is 7.75. The van der Waals surface area contributed by atoms with Gasteiger partial charge in [0.15, 0.2) is 0 Å². The second-order valence-corrected chi connectivity index (χ2v) is 6.46. The zero-order valence-corrected chi connectivity index (χ0v) is 15.8. The number of aryl methyl sites for hydroxylation is 3. The zero-order valence-electron chi connectivity index (χ0n) is 15.1. The third-order valence-electron chi connectivity index (χ3n) is 4.00. The average molecular weight is 389 g/mol. The van der Waals surface area contributed by atoms with Gasteiger partial charge in [-0.1, -0.05) is 23.7 Å². The van der Waals surface area contributed by atoms with Gasteiger partial charge in [-0.15, -0.1) is 0 Å². The number of nitrogens with zero attached hydrogens (tertiary/aromatic N) is 3. The van der Waals surface area contributed by atoms with Crippen molar-refractivity contribution in [1.82, 2.24) is 15.2 Å². The predicted octanol–water partition coefficient (Wildman–Crippen LogP) is 4.01. The molecule has 0 radical (unpaired) electrons. The molecule has 0 atom stereocenters. The number of hydrazone groups is 1. The summed E-state index contributed by atoms with van der Waals surface area (Å²) in [6, 6.07) is 7.77. The smallest absolute Gasteiger partial charge is 0.274 e. The van der Waals surface area contributed by atoms with E-state index in [1.165, 1.54) is 18.3 Å². The van der Waals surface area contributed by atoms with Crippen LogP contribution >= 0.6 is 11.6 Å². The molecular formula is C19H18ClFN4O2.